The van der Waals surface area contributed by atoms with E-state index < -0.39 is 0 Å². The average Bonchev–Trinajstić information content (AvgIpc) is 2.73. The van der Waals surface area contributed by atoms with Crippen LogP contribution in [-0.2, 0) is 0 Å². The van der Waals surface area contributed by atoms with Gasteiger partial charge in [-0.25, -0.2) is 4.98 Å². The van der Waals surface area contributed by atoms with Crippen LogP contribution < -0.4 is 15.8 Å². The van der Waals surface area contributed by atoms with Gasteiger partial charge in [0.2, 0.25) is 0 Å². The van der Waals surface area contributed by atoms with Crippen molar-refractivity contribution in [2.75, 3.05) is 24.5 Å². The zero-order valence-corrected chi connectivity index (χ0v) is 9.15. The van der Waals surface area contributed by atoms with Gasteiger partial charge in [-0.3, -0.25) is 4.79 Å². The highest BCUT2D eigenvalue weighted by atomic mass is 16.1. The average molecular weight is 220 g/mol. The number of aromatic amines is 1. The van der Waals surface area contributed by atoms with E-state index in [1.165, 1.54) is 12.8 Å². The molecular weight excluding hydrogens is 204 g/mol. The lowest BCUT2D eigenvalue weighted by Gasteiger charge is -2.24. The summed E-state index contributed by atoms with van der Waals surface area (Å²) in [4.78, 5) is 20.6. The maximum atomic E-state index is 11.6. The molecule has 1 aromatic rings. The lowest BCUT2D eigenvalue weighted by atomic mass is 9.94. The summed E-state index contributed by atoms with van der Waals surface area (Å²) in [5.41, 5.74) is -0.0823. The summed E-state index contributed by atoms with van der Waals surface area (Å²) < 4.78 is 0. The van der Waals surface area contributed by atoms with Crippen LogP contribution in [0.3, 0.4) is 0 Å². The molecule has 86 valence electrons. The molecule has 0 aliphatic carbocycles. The molecule has 2 N–H and O–H groups in total. The molecule has 2 aliphatic heterocycles. The number of nitrogens with zero attached hydrogens (tertiary/aromatic N) is 2. The molecule has 0 aromatic carbocycles. The second-order valence-electron chi connectivity index (χ2n) is 4.61. The number of nitrogens with one attached hydrogen (secondary N) is 2. The van der Waals surface area contributed by atoms with Gasteiger partial charge in [0.05, 0.1) is 0 Å². The first kappa shape index (κ1) is 9.84. The Bertz CT molecular complexity index is 416. The van der Waals surface area contributed by atoms with E-state index >= 15 is 0 Å². The Kier molecular flexibility index (Phi) is 2.40. The van der Waals surface area contributed by atoms with Crippen molar-refractivity contribution in [3.05, 3.63) is 22.7 Å². The molecule has 0 radical (unpaired) electrons. The highest BCUT2D eigenvalue weighted by Gasteiger charge is 2.35. The molecule has 16 heavy (non-hydrogen) atoms. The first-order valence-corrected chi connectivity index (χ1v) is 5.86. The highest BCUT2D eigenvalue weighted by molar-refractivity contribution is 5.38. The van der Waals surface area contributed by atoms with Gasteiger partial charge in [-0.05, 0) is 25.3 Å². The Morgan fingerprint density at radius 2 is 2.38 bits per heavy atom. The van der Waals surface area contributed by atoms with Crippen molar-refractivity contribution in [2.24, 2.45) is 5.92 Å². The third kappa shape index (κ3) is 1.61. The van der Waals surface area contributed by atoms with Crippen LogP contribution in [0.25, 0.3) is 0 Å². The molecule has 0 amide bonds. The molecule has 3 heterocycles. The topological polar surface area (TPSA) is 61.0 Å². The van der Waals surface area contributed by atoms with Crippen molar-refractivity contribution in [1.82, 2.24) is 15.3 Å². The largest absolute Gasteiger partial charge is 0.350 e. The van der Waals surface area contributed by atoms with Gasteiger partial charge in [0.1, 0.15) is 0 Å². The van der Waals surface area contributed by atoms with Gasteiger partial charge < -0.3 is 15.2 Å². The third-order valence-corrected chi connectivity index (χ3v) is 3.59. The van der Waals surface area contributed by atoms with Crippen LogP contribution in [0.15, 0.2) is 17.2 Å². The van der Waals surface area contributed by atoms with Crippen LogP contribution in [-0.4, -0.2) is 35.6 Å². The standard InChI is InChI=1S/C11H16N4O/c16-11-10(13-4-5-14-11)15-6-8-2-1-3-12-9(8)7-15/h4-5,8-9,12H,1-3,6-7H2,(H,14,16). The third-order valence-electron chi connectivity index (χ3n) is 3.59. The fourth-order valence-corrected chi connectivity index (χ4v) is 2.79. The number of anilines is 1. The van der Waals surface area contributed by atoms with Crippen LogP contribution in [0.2, 0.25) is 0 Å². The molecule has 2 aliphatic rings. The maximum absolute atomic E-state index is 11.6. The van der Waals surface area contributed by atoms with E-state index in [1.54, 1.807) is 12.4 Å². The summed E-state index contributed by atoms with van der Waals surface area (Å²) >= 11 is 0. The van der Waals surface area contributed by atoms with Crippen molar-refractivity contribution >= 4 is 5.82 Å². The minimum atomic E-state index is -0.0823. The summed E-state index contributed by atoms with van der Waals surface area (Å²) in [6, 6.07) is 0.537. The predicted molar refractivity (Wildman–Crippen MR) is 61.6 cm³/mol. The van der Waals surface area contributed by atoms with Crippen LogP contribution >= 0.6 is 0 Å². The van der Waals surface area contributed by atoms with E-state index in [0.717, 1.165) is 19.6 Å². The SMILES string of the molecule is O=c1[nH]ccnc1N1CC2CCCNC2C1. The molecule has 5 nitrogen and oxygen atoms in total. The van der Waals surface area contributed by atoms with Crippen molar-refractivity contribution in [1.29, 1.82) is 0 Å². The molecule has 2 saturated heterocycles. The smallest absolute Gasteiger partial charge is 0.290 e. The van der Waals surface area contributed by atoms with Crippen molar-refractivity contribution < 1.29 is 0 Å². The van der Waals surface area contributed by atoms with Gasteiger partial charge in [-0.1, -0.05) is 0 Å². The van der Waals surface area contributed by atoms with Gasteiger partial charge in [0.25, 0.3) is 5.56 Å². The molecule has 2 atom stereocenters. The van der Waals surface area contributed by atoms with Crippen LogP contribution in [0.1, 0.15) is 12.8 Å². The Morgan fingerprint density at radius 1 is 1.44 bits per heavy atom. The Labute approximate surface area is 93.9 Å². The normalized spacial score (nSPS) is 29.1. The van der Waals surface area contributed by atoms with E-state index in [9.17, 15) is 4.79 Å². The fourth-order valence-electron chi connectivity index (χ4n) is 2.79. The number of fused-ring (bicyclic) bond motifs is 1. The van der Waals surface area contributed by atoms with E-state index in [1.807, 2.05) is 0 Å². The quantitative estimate of drug-likeness (QED) is 0.697. The maximum Gasteiger partial charge on any atom is 0.290 e. The number of piperidine rings is 1. The van der Waals surface area contributed by atoms with Crippen LogP contribution in [0.5, 0.6) is 0 Å². The molecule has 0 spiro atoms. The molecule has 5 heteroatoms. The summed E-state index contributed by atoms with van der Waals surface area (Å²) in [5.74, 6) is 1.24. The van der Waals surface area contributed by atoms with Crippen molar-refractivity contribution in [3.63, 3.8) is 0 Å². The Morgan fingerprint density at radius 3 is 3.19 bits per heavy atom. The fraction of sp³-hybridized carbons (Fsp3) is 0.636. The highest BCUT2D eigenvalue weighted by Crippen LogP contribution is 2.26. The molecule has 2 fully saturated rings. The summed E-state index contributed by atoms with van der Waals surface area (Å²) in [7, 11) is 0. The summed E-state index contributed by atoms with van der Waals surface area (Å²) in [6.07, 6.45) is 5.73. The molecule has 2 unspecified atom stereocenters. The van der Waals surface area contributed by atoms with Crippen LogP contribution in [0.4, 0.5) is 5.82 Å². The minimum absolute atomic E-state index is 0.0823. The predicted octanol–water partition coefficient (Wildman–Crippen LogP) is -0.0419. The minimum Gasteiger partial charge on any atom is -0.350 e. The number of H-pyrrole nitrogens is 1. The second kappa shape index (κ2) is 3.90. The molecule has 0 saturated carbocycles. The van der Waals surface area contributed by atoms with E-state index in [-0.39, 0.29) is 5.56 Å². The van der Waals surface area contributed by atoms with Gasteiger partial charge in [-0.2, -0.15) is 0 Å². The van der Waals surface area contributed by atoms with E-state index in [0.29, 0.717) is 17.8 Å². The summed E-state index contributed by atoms with van der Waals surface area (Å²) in [5, 5.41) is 3.52. The Balaban J connectivity index is 1.83. The lowest BCUT2D eigenvalue weighted by molar-refractivity contribution is 0.340. The second-order valence-corrected chi connectivity index (χ2v) is 4.61. The number of hydrogen-bond acceptors (Lipinski definition) is 4. The van der Waals surface area contributed by atoms with Gasteiger partial charge >= 0.3 is 0 Å². The molecule has 0 bridgehead atoms. The number of aromatic nitrogens is 2. The van der Waals surface area contributed by atoms with Crippen LogP contribution in [0, 0.1) is 5.92 Å². The molecular formula is C11H16N4O. The summed E-state index contributed by atoms with van der Waals surface area (Å²) in [6.45, 7) is 2.97. The zero-order valence-electron chi connectivity index (χ0n) is 9.15. The first-order chi connectivity index (χ1) is 7.84. The van der Waals surface area contributed by atoms with Crippen molar-refractivity contribution in [3.8, 4) is 0 Å². The monoisotopic (exact) mass is 220 g/mol. The molecule has 3 rings (SSSR count). The zero-order chi connectivity index (χ0) is 11.0. The van der Waals surface area contributed by atoms with E-state index in [2.05, 4.69) is 20.2 Å². The van der Waals surface area contributed by atoms with E-state index in [4.69, 9.17) is 0 Å². The van der Waals surface area contributed by atoms with Gasteiger partial charge in [0, 0.05) is 31.5 Å². The first-order valence-electron chi connectivity index (χ1n) is 5.86. The molecule has 1 aromatic heterocycles. The van der Waals surface area contributed by atoms with Crippen molar-refractivity contribution in [2.45, 2.75) is 18.9 Å². The van der Waals surface area contributed by atoms with Gasteiger partial charge in [0.15, 0.2) is 5.82 Å². The van der Waals surface area contributed by atoms with Gasteiger partial charge in [-0.15, -0.1) is 0 Å². The number of rotatable bonds is 1. The Hall–Kier alpha value is -1.36. The lowest BCUT2D eigenvalue weighted by Crippen LogP contribution is -2.40. The number of hydrogen-bond donors (Lipinski definition) is 2.